The van der Waals surface area contributed by atoms with Gasteiger partial charge in [0.1, 0.15) is 12.6 Å². The van der Waals surface area contributed by atoms with Crippen molar-refractivity contribution in [1.29, 1.82) is 0 Å². The number of hydrogen-bond acceptors (Lipinski definition) is 5. The third-order valence-electron chi connectivity index (χ3n) is 6.75. The molecule has 0 saturated heterocycles. The molecule has 0 bridgehead atoms. The minimum Gasteiger partial charge on any atom is -0.481 e. The number of alkyl carbamates (subject to hydrolysis) is 1. The van der Waals surface area contributed by atoms with Crippen LogP contribution in [0.2, 0.25) is 0 Å². The molecule has 4 atom stereocenters. The second-order valence-corrected chi connectivity index (χ2v) is 8.94. The summed E-state index contributed by atoms with van der Waals surface area (Å²) in [6.45, 7) is 1.80. The minimum absolute atomic E-state index is 0.0967. The van der Waals surface area contributed by atoms with Crippen LogP contribution in [0.15, 0.2) is 60.7 Å². The second-order valence-electron chi connectivity index (χ2n) is 8.94. The van der Waals surface area contributed by atoms with E-state index in [0.29, 0.717) is 6.42 Å². The number of nitrogens with one attached hydrogen (secondary N) is 2. The molecule has 0 fully saturated rings. The summed E-state index contributed by atoms with van der Waals surface area (Å²) in [7, 11) is 1.45. The molecule has 0 spiro atoms. The maximum absolute atomic E-state index is 13.0. The average Bonchev–Trinajstić information content (AvgIpc) is 3.19. The number of allylic oxidation sites excluding steroid dienone is 1. The van der Waals surface area contributed by atoms with E-state index in [4.69, 9.17) is 9.47 Å². The minimum atomic E-state index is -1.01. The number of hydrogen-bond donors (Lipinski definition) is 3. The molecule has 8 nitrogen and oxygen atoms in total. The van der Waals surface area contributed by atoms with Crippen LogP contribution in [0.25, 0.3) is 11.1 Å². The fraction of sp³-hybridized carbons (Fsp3) is 0.370. The zero-order chi connectivity index (χ0) is 24.9. The third-order valence-corrected chi connectivity index (χ3v) is 6.75. The number of benzene rings is 2. The Morgan fingerprint density at radius 1 is 1.06 bits per heavy atom. The molecule has 2 aliphatic rings. The normalized spacial score (nSPS) is 20.3. The zero-order valence-corrected chi connectivity index (χ0v) is 19.8. The average molecular weight is 479 g/mol. The number of carbonyl (C=O) groups is 3. The molecule has 2 aliphatic carbocycles. The summed E-state index contributed by atoms with van der Waals surface area (Å²) in [6.07, 6.45) is 2.89. The summed E-state index contributed by atoms with van der Waals surface area (Å²) in [5.41, 5.74) is 4.45. The Kier molecular flexibility index (Phi) is 7.51. The molecule has 0 aromatic heterocycles. The molecule has 184 valence electrons. The highest BCUT2D eigenvalue weighted by atomic mass is 16.5. The summed E-state index contributed by atoms with van der Waals surface area (Å²) in [4.78, 5) is 37.0. The van der Waals surface area contributed by atoms with E-state index in [9.17, 15) is 19.5 Å². The van der Waals surface area contributed by atoms with Crippen LogP contribution in [0, 0.1) is 5.92 Å². The van der Waals surface area contributed by atoms with Crippen molar-refractivity contribution in [2.45, 2.75) is 43.9 Å². The molecule has 0 saturated carbocycles. The molecular weight excluding hydrogens is 448 g/mol. The number of fused-ring (bicyclic) bond motifs is 3. The Balaban J connectivity index is 1.40. The molecule has 8 heteroatoms. The van der Waals surface area contributed by atoms with Gasteiger partial charge in [-0.15, -0.1) is 0 Å². The quantitative estimate of drug-likeness (QED) is 0.501. The molecule has 2 amide bonds. The standard InChI is InChI=1S/C27H30N2O6/c1-16(34-2)24(25(30)28-18-9-7-8-17(14-18)26(31)32)29-27(33)35-15-23-21-12-5-3-10-19(21)20-11-4-6-13-22(20)23/h3-7,9-13,16-18,23-24H,8,14-15H2,1-2H3,(H,28,30)(H,29,33)(H,31,32)/t16?,17-,18-,24?/m1/s1. The van der Waals surface area contributed by atoms with E-state index in [1.54, 1.807) is 19.1 Å². The summed E-state index contributed by atoms with van der Waals surface area (Å²) in [5.74, 6) is -2.01. The summed E-state index contributed by atoms with van der Waals surface area (Å²) < 4.78 is 10.9. The van der Waals surface area contributed by atoms with Crippen molar-refractivity contribution < 1.29 is 29.0 Å². The Morgan fingerprint density at radius 3 is 2.29 bits per heavy atom. The highest BCUT2D eigenvalue weighted by Crippen LogP contribution is 2.44. The number of carboxylic acid groups (broad SMARTS) is 1. The Bertz CT molecular complexity index is 1080. The van der Waals surface area contributed by atoms with E-state index in [1.807, 2.05) is 36.4 Å². The van der Waals surface area contributed by atoms with Crippen LogP contribution in [-0.2, 0) is 19.1 Å². The van der Waals surface area contributed by atoms with Gasteiger partial charge in [0.2, 0.25) is 5.91 Å². The van der Waals surface area contributed by atoms with Gasteiger partial charge in [-0.1, -0.05) is 60.7 Å². The maximum Gasteiger partial charge on any atom is 0.407 e. The first-order valence-electron chi connectivity index (χ1n) is 11.7. The van der Waals surface area contributed by atoms with Gasteiger partial charge < -0.3 is 25.2 Å². The van der Waals surface area contributed by atoms with Crippen LogP contribution in [0.5, 0.6) is 0 Å². The van der Waals surface area contributed by atoms with Crippen molar-refractivity contribution in [2.75, 3.05) is 13.7 Å². The van der Waals surface area contributed by atoms with Crippen LogP contribution < -0.4 is 10.6 Å². The lowest BCUT2D eigenvalue weighted by molar-refractivity contribution is -0.142. The Hall–Kier alpha value is -3.65. The van der Waals surface area contributed by atoms with Gasteiger partial charge in [0, 0.05) is 19.1 Å². The van der Waals surface area contributed by atoms with E-state index in [-0.39, 0.29) is 18.9 Å². The number of ether oxygens (including phenoxy) is 2. The SMILES string of the molecule is COC(C)C(NC(=O)OCC1c2ccccc2-c2ccccc21)C(=O)N[C@@H]1C=CC[C@@H](C(=O)O)C1. The van der Waals surface area contributed by atoms with Crippen molar-refractivity contribution >= 4 is 18.0 Å². The van der Waals surface area contributed by atoms with Crippen LogP contribution >= 0.6 is 0 Å². The van der Waals surface area contributed by atoms with E-state index in [0.717, 1.165) is 22.3 Å². The zero-order valence-electron chi connectivity index (χ0n) is 19.8. The molecular formula is C27H30N2O6. The predicted octanol–water partition coefficient (Wildman–Crippen LogP) is 3.46. The Labute approximate surface area is 204 Å². The molecule has 0 radical (unpaired) electrons. The van der Waals surface area contributed by atoms with Crippen molar-refractivity contribution in [2.24, 2.45) is 5.92 Å². The van der Waals surface area contributed by atoms with E-state index < -0.39 is 42.1 Å². The number of aliphatic carboxylic acids is 1. The van der Waals surface area contributed by atoms with Gasteiger partial charge in [-0.3, -0.25) is 9.59 Å². The van der Waals surface area contributed by atoms with Gasteiger partial charge in [-0.2, -0.15) is 0 Å². The Morgan fingerprint density at radius 2 is 1.69 bits per heavy atom. The first kappa shape index (κ1) is 24.5. The summed E-state index contributed by atoms with van der Waals surface area (Å²) in [5, 5.41) is 14.7. The number of methoxy groups -OCH3 is 1. The topological polar surface area (TPSA) is 114 Å². The second kappa shape index (κ2) is 10.7. The van der Waals surface area contributed by atoms with Gasteiger partial charge >= 0.3 is 12.1 Å². The van der Waals surface area contributed by atoms with Crippen molar-refractivity contribution in [3.8, 4) is 11.1 Å². The smallest absolute Gasteiger partial charge is 0.407 e. The molecule has 3 N–H and O–H groups in total. The fourth-order valence-electron chi connectivity index (χ4n) is 4.77. The number of amides is 2. The lowest BCUT2D eigenvalue weighted by Crippen LogP contribution is -2.55. The van der Waals surface area contributed by atoms with Crippen LogP contribution in [0.3, 0.4) is 0 Å². The van der Waals surface area contributed by atoms with Crippen molar-refractivity contribution in [3.63, 3.8) is 0 Å². The van der Waals surface area contributed by atoms with Gasteiger partial charge in [-0.05, 0) is 42.0 Å². The molecule has 35 heavy (non-hydrogen) atoms. The number of carbonyl (C=O) groups excluding carboxylic acids is 2. The van der Waals surface area contributed by atoms with Gasteiger partial charge in [0.25, 0.3) is 0 Å². The van der Waals surface area contributed by atoms with Gasteiger partial charge in [-0.25, -0.2) is 4.79 Å². The molecule has 4 rings (SSSR count). The molecule has 2 aromatic rings. The van der Waals surface area contributed by atoms with Crippen LogP contribution in [0.1, 0.15) is 36.8 Å². The van der Waals surface area contributed by atoms with Gasteiger partial charge in [0.05, 0.1) is 12.0 Å². The fourth-order valence-corrected chi connectivity index (χ4v) is 4.77. The molecule has 0 heterocycles. The van der Waals surface area contributed by atoms with Crippen LogP contribution in [0.4, 0.5) is 4.79 Å². The summed E-state index contributed by atoms with van der Waals surface area (Å²) in [6, 6.07) is 14.6. The molecule has 0 aliphatic heterocycles. The first-order valence-corrected chi connectivity index (χ1v) is 11.7. The third kappa shape index (κ3) is 5.38. The lowest BCUT2D eigenvalue weighted by atomic mass is 9.91. The monoisotopic (exact) mass is 478 g/mol. The number of carboxylic acids is 1. The first-order chi connectivity index (χ1) is 16.9. The van der Waals surface area contributed by atoms with Crippen molar-refractivity contribution in [1.82, 2.24) is 10.6 Å². The number of rotatable bonds is 8. The molecule has 2 unspecified atom stereocenters. The van der Waals surface area contributed by atoms with E-state index in [1.165, 1.54) is 7.11 Å². The summed E-state index contributed by atoms with van der Waals surface area (Å²) >= 11 is 0. The lowest BCUT2D eigenvalue weighted by Gasteiger charge is -2.27. The predicted molar refractivity (Wildman–Crippen MR) is 130 cm³/mol. The van der Waals surface area contributed by atoms with E-state index in [2.05, 4.69) is 22.8 Å². The van der Waals surface area contributed by atoms with Crippen LogP contribution in [-0.4, -0.2) is 55.0 Å². The van der Waals surface area contributed by atoms with Crippen molar-refractivity contribution in [3.05, 3.63) is 71.8 Å². The highest BCUT2D eigenvalue weighted by Gasteiger charge is 2.33. The maximum atomic E-state index is 13.0. The van der Waals surface area contributed by atoms with E-state index >= 15 is 0 Å². The van der Waals surface area contributed by atoms with Gasteiger partial charge in [0.15, 0.2) is 0 Å². The molecule has 2 aromatic carbocycles. The largest absolute Gasteiger partial charge is 0.481 e. The highest BCUT2D eigenvalue weighted by molar-refractivity contribution is 5.87.